The largest absolute Gasteiger partial charge is 0.302 e. The Morgan fingerprint density at radius 1 is 1.30 bits per heavy atom. The third-order valence-electron chi connectivity index (χ3n) is 4.25. The molecule has 1 aromatic carbocycles. The van der Waals surface area contributed by atoms with Gasteiger partial charge < -0.3 is 4.90 Å². The van der Waals surface area contributed by atoms with Crippen LogP contribution < -0.4 is 5.14 Å². The summed E-state index contributed by atoms with van der Waals surface area (Å²) in [5.74, 6) is 0. The highest BCUT2D eigenvalue weighted by atomic mass is 35.5. The molecule has 2 heterocycles. The zero-order valence-electron chi connectivity index (χ0n) is 13.0. The molecule has 7 heteroatoms. The lowest BCUT2D eigenvalue weighted by Gasteiger charge is -2.28. The third-order valence-corrected chi connectivity index (χ3v) is 5.51. The van der Waals surface area contributed by atoms with Gasteiger partial charge in [0.15, 0.2) is 5.03 Å². The molecule has 2 aromatic rings. The van der Waals surface area contributed by atoms with Gasteiger partial charge in [0.2, 0.25) is 0 Å². The first kappa shape index (κ1) is 16.4. The second-order valence-corrected chi connectivity index (χ2v) is 7.77. The number of hydrogen-bond donors (Lipinski definition) is 1. The van der Waals surface area contributed by atoms with Crippen molar-refractivity contribution in [2.75, 3.05) is 13.6 Å². The number of halogens is 1. The molecule has 0 bridgehead atoms. The number of aromatic nitrogens is 1. The zero-order chi connectivity index (χ0) is 16.8. The van der Waals surface area contributed by atoms with Gasteiger partial charge in [0, 0.05) is 29.9 Å². The van der Waals surface area contributed by atoms with E-state index in [4.69, 9.17) is 16.7 Å². The second-order valence-electron chi connectivity index (χ2n) is 5.88. The first-order chi connectivity index (χ1) is 10.8. The predicted molar refractivity (Wildman–Crippen MR) is 90.8 cm³/mol. The van der Waals surface area contributed by atoms with E-state index < -0.39 is 10.0 Å². The molecule has 0 spiro atoms. The summed E-state index contributed by atoms with van der Waals surface area (Å²) in [7, 11) is -1.82. The van der Waals surface area contributed by atoms with Crippen molar-refractivity contribution in [3.8, 4) is 11.1 Å². The number of hydrogen-bond acceptors (Lipinski definition) is 4. The number of pyridine rings is 1. The number of nitrogens with zero attached hydrogens (tertiary/aromatic N) is 2. The van der Waals surface area contributed by atoms with Crippen LogP contribution >= 0.6 is 11.6 Å². The van der Waals surface area contributed by atoms with Gasteiger partial charge in [0.05, 0.1) is 0 Å². The van der Waals surface area contributed by atoms with E-state index in [0.29, 0.717) is 10.6 Å². The van der Waals surface area contributed by atoms with Crippen LogP contribution in [0.3, 0.4) is 0 Å². The van der Waals surface area contributed by atoms with Crippen LogP contribution in [-0.4, -0.2) is 31.9 Å². The Morgan fingerprint density at radius 2 is 2.04 bits per heavy atom. The topological polar surface area (TPSA) is 76.3 Å². The van der Waals surface area contributed by atoms with Gasteiger partial charge in [0.1, 0.15) is 0 Å². The fourth-order valence-corrected chi connectivity index (χ4v) is 4.13. The smallest absolute Gasteiger partial charge is 0.255 e. The molecular weight excluding hydrogens is 334 g/mol. The Bertz CT molecular complexity index is 881. The minimum Gasteiger partial charge on any atom is -0.302 e. The number of rotatable bonds is 2. The molecule has 0 radical (unpaired) electrons. The van der Waals surface area contributed by atoms with E-state index in [1.165, 1.54) is 11.8 Å². The summed E-state index contributed by atoms with van der Waals surface area (Å²) < 4.78 is 23.5. The minimum absolute atomic E-state index is 0.104. The molecule has 0 unspecified atom stereocenters. The van der Waals surface area contributed by atoms with Crippen molar-refractivity contribution >= 4 is 21.6 Å². The van der Waals surface area contributed by atoms with E-state index >= 15 is 0 Å². The maximum Gasteiger partial charge on any atom is 0.255 e. The molecule has 0 aliphatic carbocycles. The lowest BCUT2D eigenvalue weighted by Crippen LogP contribution is -2.27. The van der Waals surface area contributed by atoms with Crippen molar-refractivity contribution in [1.29, 1.82) is 0 Å². The van der Waals surface area contributed by atoms with E-state index in [1.54, 1.807) is 13.0 Å². The maximum absolute atomic E-state index is 11.7. The molecule has 1 aliphatic rings. The van der Waals surface area contributed by atoms with E-state index in [1.807, 2.05) is 12.1 Å². The Balaban J connectivity index is 2.29. The molecule has 3 rings (SSSR count). The number of benzene rings is 1. The summed E-state index contributed by atoms with van der Waals surface area (Å²) in [5.41, 5.74) is 4.55. The molecule has 23 heavy (non-hydrogen) atoms. The fourth-order valence-electron chi connectivity index (χ4n) is 3.10. The van der Waals surface area contributed by atoms with Crippen molar-refractivity contribution in [2.24, 2.45) is 5.14 Å². The van der Waals surface area contributed by atoms with Gasteiger partial charge >= 0.3 is 0 Å². The maximum atomic E-state index is 11.7. The molecule has 0 saturated carbocycles. The summed E-state index contributed by atoms with van der Waals surface area (Å²) >= 11 is 6.46. The number of primary sulfonamides is 1. The molecule has 2 N–H and O–H groups in total. The Kier molecular flexibility index (Phi) is 4.18. The molecule has 0 fully saturated rings. The van der Waals surface area contributed by atoms with Gasteiger partial charge in [-0.15, -0.1) is 0 Å². The predicted octanol–water partition coefficient (Wildman–Crippen LogP) is 2.35. The average molecular weight is 352 g/mol. The molecule has 122 valence electrons. The van der Waals surface area contributed by atoms with Crippen LogP contribution in [0.5, 0.6) is 0 Å². The molecule has 0 atom stereocenters. The average Bonchev–Trinajstić information content (AvgIpc) is 2.47. The van der Waals surface area contributed by atoms with Crippen molar-refractivity contribution in [1.82, 2.24) is 9.88 Å². The van der Waals surface area contributed by atoms with Crippen LogP contribution in [0, 0.1) is 6.92 Å². The Hall–Kier alpha value is -1.47. The van der Waals surface area contributed by atoms with Crippen molar-refractivity contribution in [2.45, 2.75) is 24.9 Å². The van der Waals surface area contributed by atoms with Gasteiger partial charge in [0.25, 0.3) is 10.0 Å². The molecule has 1 aromatic heterocycles. The van der Waals surface area contributed by atoms with Crippen LogP contribution in [0.4, 0.5) is 0 Å². The molecular formula is C16H18ClN3O2S. The van der Waals surface area contributed by atoms with Gasteiger partial charge in [-0.3, -0.25) is 0 Å². The molecule has 5 nitrogen and oxygen atoms in total. The molecule has 0 saturated heterocycles. The van der Waals surface area contributed by atoms with Crippen LogP contribution in [0.15, 0.2) is 29.4 Å². The van der Waals surface area contributed by atoms with E-state index in [0.717, 1.165) is 36.2 Å². The SMILES string of the molecule is Cc1c(-c2c(Cl)ccc3c2CN(C)CC3)ccnc1S(N)(=O)=O. The number of sulfonamides is 1. The van der Waals surface area contributed by atoms with Crippen molar-refractivity contribution in [3.63, 3.8) is 0 Å². The van der Waals surface area contributed by atoms with Gasteiger partial charge in [-0.1, -0.05) is 17.7 Å². The van der Waals surface area contributed by atoms with Crippen LogP contribution in [0.25, 0.3) is 11.1 Å². The van der Waals surface area contributed by atoms with Crippen molar-refractivity contribution < 1.29 is 8.42 Å². The Morgan fingerprint density at radius 3 is 2.74 bits per heavy atom. The Labute approximate surface area is 141 Å². The third kappa shape index (κ3) is 2.99. The number of nitrogens with two attached hydrogens (primary N) is 1. The zero-order valence-corrected chi connectivity index (χ0v) is 14.6. The van der Waals surface area contributed by atoms with Crippen LogP contribution in [0.1, 0.15) is 16.7 Å². The standard InChI is InChI=1S/C16H18ClN3O2S/c1-10-12(5-7-19-16(10)23(18,21)22)15-13-9-20(2)8-6-11(13)3-4-14(15)17/h3-5,7H,6,8-9H2,1-2H3,(H2,18,21,22). The second kappa shape index (κ2) is 5.87. The number of likely N-dealkylation sites (N-methyl/N-ethyl adjacent to an activating group) is 1. The van der Waals surface area contributed by atoms with E-state index in [2.05, 4.69) is 16.9 Å². The normalized spacial score (nSPS) is 15.5. The van der Waals surface area contributed by atoms with Gasteiger partial charge in [-0.25, -0.2) is 18.5 Å². The first-order valence-corrected chi connectivity index (χ1v) is 9.19. The first-order valence-electron chi connectivity index (χ1n) is 7.26. The van der Waals surface area contributed by atoms with E-state index in [9.17, 15) is 8.42 Å². The number of fused-ring (bicyclic) bond motifs is 1. The van der Waals surface area contributed by atoms with E-state index in [-0.39, 0.29) is 5.03 Å². The highest BCUT2D eigenvalue weighted by molar-refractivity contribution is 7.89. The minimum atomic E-state index is -3.87. The quantitative estimate of drug-likeness (QED) is 0.901. The lowest BCUT2D eigenvalue weighted by molar-refractivity contribution is 0.313. The summed E-state index contributed by atoms with van der Waals surface area (Å²) in [6, 6.07) is 5.71. The van der Waals surface area contributed by atoms with Crippen LogP contribution in [0.2, 0.25) is 5.02 Å². The van der Waals surface area contributed by atoms with Gasteiger partial charge in [-0.05, 0) is 54.8 Å². The summed E-state index contributed by atoms with van der Waals surface area (Å²) in [5, 5.41) is 5.77. The summed E-state index contributed by atoms with van der Waals surface area (Å²) in [6.07, 6.45) is 2.41. The monoisotopic (exact) mass is 351 g/mol. The fraction of sp³-hybridized carbons (Fsp3) is 0.312. The van der Waals surface area contributed by atoms with Crippen LogP contribution in [-0.2, 0) is 23.0 Å². The molecule has 1 aliphatic heterocycles. The lowest BCUT2D eigenvalue weighted by atomic mass is 9.90. The van der Waals surface area contributed by atoms with Crippen molar-refractivity contribution in [3.05, 3.63) is 46.1 Å². The molecule has 0 amide bonds. The van der Waals surface area contributed by atoms with Gasteiger partial charge in [-0.2, -0.15) is 0 Å². The summed E-state index contributed by atoms with van der Waals surface area (Å²) in [6.45, 7) is 3.48. The highest BCUT2D eigenvalue weighted by Gasteiger charge is 2.23. The highest BCUT2D eigenvalue weighted by Crippen LogP contribution is 2.38. The summed E-state index contributed by atoms with van der Waals surface area (Å²) in [4.78, 5) is 6.15.